The van der Waals surface area contributed by atoms with Gasteiger partial charge in [0.2, 0.25) is 0 Å². The number of methoxy groups -OCH3 is 1. The van der Waals surface area contributed by atoms with E-state index in [2.05, 4.69) is 44.2 Å². The summed E-state index contributed by atoms with van der Waals surface area (Å²) in [4.78, 5) is 13.2. The molecule has 0 saturated carbocycles. The molecule has 2 aromatic rings. The van der Waals surface area contributed by atoms with E-state index in [1.165, 1.54) is 6.20 Å². The van der Waals surface area contributed by atoms with Crippen LogP contribution in [0.4, 0.5) is 11.4 Å². The maximum Gasteiger partial charge on any atom is 0.264 e. The highest BCUT2D eigenvalue weighted by atomic mass is 32.2. The highest BCUT2D eigenvalue weighted by Gasteiger charge is 2.21. The molecular weight excluding hydrogens is 462 g/mol. The maximum absolute atomic E-state index is 13.0. The van der Waals surface area contributed by atoms with Crippen LogP contribution in [-0.2, 0) is 14.8 Å². The molecule has 1 aliphatic heterocycles. The van der Waals surface area contributed by atoms with Gasteiger partial charge in [-0.25, -0.2) is 8.42 Å². The summed E-state index contributed by atoms with van der Waals surface area (Å²) >= 11 is 0. The number of benzene rings is 1. The number of ether oxygens (including phenoxy) is 1. The Bertz CT molecular complexity index is 1240. The second-order valence-corrected chi connectivity index (χ2v) is 9.85. The van der Waals surface area contributed by atoms with E-state index in [0.29, 0.717) is 22.8 Å². The molecule has 1 fully saturated rings. The van der Waals surface area contributed by atoms with E-state index in [4.69, 9.17) is 4.74 Å². The van der Waals surface area contributed by atoms with Crippen molar-refractivity contribution in [1.82, 2.24) is 14.8 Å². The number of nitrogens with zero attached hydrogens (tertiary/aromatic N) is 4. The summed E-state index contributed by atoms with van der Waals surface area (Å²) < 4.78 is 33.9. The van der Waals surface area contributed by atoms with E-state index < -0.39 is 10.0 Å². The van der Waals surface area contributed by atoms with Crippen molar-refractivity contribution in [3.05, 3.63) is 79.0 Å². The van der Waals surface area contributed by atoms with Crippen molar-refractivity contribution in [2.24, 2.45) is 4.99 Å². The zero-order valence-electron chi connectivity index (χ0n) is 20.6. The van der Waals surface area contributed by atoms with Gasteiger partial charge in [0, 0.05) is 32.4 Å². The van der Waals surface area contributed by atoms with E-state index >= 15 is 0 Å². The number of aromatic nitrogens is 1. The lowest BCUT2D eigenvalue weighted by Gasteiger charge is -2.27. The molecule has 3 rings (SSSR count). The largest absolute Gasteiger partial charge is 0.495 e. The van der Waals surface area contributed by atoms with Crippen LogP contribution in [-0.4, -0.2) is 62.7 Å². The first-order valence-electron chi connectivity index (χ1n) is 11.4. The van der Waals surface area contributed by atoms with Crippen molar-refractivity contribution < 1.29 is 13.2 Å². The van der Waals surface area contributed by atoms with Gasteiger partial charge in [0.15, 0.2) is 0 Å². The van der Waals surface area contributed by atoms with Gasteiger partial charge in [-0.2, -0.15) is 0 Å². The summed E-state index contributed by atoms with van der Waals surface area (Å²) in [5.74, 6) is 0.566. The Hall–Kier alpha value is -3.59. The molecule has 8 nitrogen and oxygen atoms in total. The minimum absolute atomic E-state index is 0.121. The van der Waals surface area contributed by atoms with Gasteiger partial charge in [0.1, 0.15) is 10.7 Å². The van der Waals surface area contributed by atoms with Gasteiger partial charge < -0.3 is 14.5 Å². The molecule has 0 amide bonds. The Labute approximate surface area is 208 Å². The van der Waals surface area contributed by atoms with Gasteiger partial charge >= 0.3 is 0 Å². The molecule has 2 heterocycles. The van der Waals surface area contributed by atoms with Gasteiger partial charge in [-0.15, -0.1) is 0 Å². The molecule has 0 spiro atoms. The van der Waals surface area contributed by atoms with Crippen LogP contribution >= 0.6 is 0 Å². The summed E-state index contributed by atoms with van der Waals surface area (Å²) in [7, 11) is -2.25. The summed E-state index contributed by atoms with van der Waals surface area (Å²) in [6.45, 7) is 19.0. The predicted molar refractivity (Wildman–Crippen MR) is 142 cm³/mol. The van der Waals surface area contributed by atoms with Crippen LogP contribution in [0.15, 0.2) is 77.6 Å². The normalized spacial score (nSPS) is 14.5. The quantitative estimate of drug-likeness (QED) is 0.312. The SMILES string of the molecule is C=C(OC)C(=C)N1CCCN(C(=C)c2ccc(NS(=O)(=O)c3cccc(C)c3/N=C\C)cn2)CC1. The average molecular weight is 496 g/mol. The number of nitrogens with one attached hydrogen (secondary N) is 1. The third kappa shape index (κ3) is 6.10. The monoisotopic (exact) mass is 495 g/mol. The van der Waals surface area contributed by atoms with Gasteiger partial charge in [-0.3, -0.25) is 14.7 Å². The minimum atomic E-state index is -3.84. The molecule has 1 N–H and O–H groups in total. The number of sulfonamides is 1. The number of para-hydroxylation sites is 1. The first kappa shape index (κ1) is 26.0. The number of aryl methyl sites for hydroxylation is 1. The third-order valence-electron chi connectivity index (χ3n) is 5.89. The highest BCUT2D eigenvalue weighted by molar-refractivity contribution is 7.92. The van der Waals surface area contributed by atoms with Crippen molar-refractivity contribution in [2.75, 3.05) is 38.0 Å². The summed E-state index contributed by atoms with van der Waals surface area (Å²) in [6.07, 6.45) is 4.01. The minimum Gasteiger partial charge on any atom is -0.495 e. The number of aliphatic imine (C=N–C) groups is 1. The van der Waals surface area contributed by atoms with Crippen LogP contribution in [0, 0.1) is 6.92 Å². The summed E-state index contributed by atoms with van der Waals surface area (Å²) in [5, 5.41) is 0. The van der Waals surface area contributed by atoms with E-state index in [9.17, 15) is 8.42 Å². The van der Waals surface area contributed by atoms with Crippen molar-refractivity contribution in [1.29, 1.82) is 0 Å². The van der Waals surface area contributed by atoms with Gasteiger partial charge in [0.05, 0.1) is 41.8 Å². The lowest BCUT2D eigenvalue weighted by molar-refractivity contribution is 0.260. The van der Waals surface area contributed by atoms with E-state index in [1.54, 1.807) is 44.5 Å². The molecule has 0 atom stereocenters. The Kier molecular flexibility index (Phi) is 8.34. The molecule has 0 bridgehead atoms. The summed E-state index contributed by atoms with van der Waals surface area (Å²) in [5.41, 5.74) is 3.83. The molecular formula is C26H33N5O3S. The van der Waals surface area contributed by atoms with Gasteiger partial charge in [0.25, 0.3) is 10.0 Å². The van der Waals surface area contributed by atoms with Gasteiger partial charge in [-0.1, -0.05) is 31.9 Å². The fourth-order valence-corrected chi connectivity index (χ4v) is 5.16. The van der Waals surface area contributed by atoms with Crippen LogP contribution in [0.3, 0.4) is 0 Å². The zero-order chi connectivity index (χ0) is 25.6. The number of pyridine rings is 1. The number of hydrogen-bond acceptors (Lipinski definition) is 7. The van der Waals surface area contributed by atoms with E-state index in [0.717, 1.165) is 49.6 Å². The van der Waals surface area contributed by atoms with E-state index in [-0.39, 0.29) is 4.90 Å². The number of hydrogen-bond donors (Lipinski definition) is 1. The Balaban J connectivity index is 1.70. The highest BCUT2D eigenvalue weighted by Crippen LogP contribution is 2.29. The van der Waals surface area contributed by atoms with E-state index in [1.807, 2.05) is 13.0 Å². The zero-order valence-corrected chi connectivity index (χ0v) is 21.4. The number of anilines is 1. The number of rotatable bonds is 9. The second kappa shape index (κ2) is 11.2. The molecule has 0 aliphatic carbocycles. The molecule has 1 aromatic carbocycles. The molecule has 35 heavy (non-hydrogen) atoms. The Morgan fingerprint density at radius 3 is 2.49 bits per heavy atom. The molecule has 1 saturated heterocycles. The van der Waals surface area contributed by atoms with Crippen molar-refractivity contribution >= 4 is 33.3 Å². The molecule has 1 aromatic heterocycles. The molecule has 0 unspecified atom stereocenters. The fraction of sp³-hybridized carbons (Fsp3) is 0.308. The first-order valence-corrected chi connectivity index (χ1v) is 12.8. The summed E-state index contributed by atoms with van der Waals surface area (Å²) in [6, 6.07) is 8.54. The lowest BCUT2D eigenvalue weighted by Crippen LogP contribution is -2.30. The van der Waals surface area contributed by atoms with Crippen LogP contribution in [0.5, 0.6) is 0 Å². The van der Waals surface area contributed by atoms with Crippen LogP contribution in [0.2, 0.25) is 0 Å². The van der Waals surface area contributed by atoms with Crippen molar-refractivity contribution in [3.8, 4) is 0 Å². The first-order chi connectivity index (χ1) is 16.7. The molecule has 186 valence electrons. The van der Waals surface area contributed by atoms with Crippen LogP contribution in [0.25, 0.3) is 5.70 Å². The van der Waals surface area contributed by atoms with Crippen molar-refractivity contribution in [3.63, 3.8) is 0 Å². The average Bonchev–Trinajstić information content (AvgIpc) is 3.10. The fourth-order valence-electron chi connectivity index (χ4n) is 3.89. The molecule has 1 aliphatic rings. The molecule has 0 radical (unpaired) electrons. The Morgan fingerprint density at radius 2 is 1.83 bits per heavy atom. The lowest BCUT2D eigenvalue weighted by atomic mass is 10.2. The van der Waals surface area contributed by atoms with Crippen molar-refractivity contribution in [2.45, 2.75) is 25.2 Å². The smallest absolute Gasteiger partial charge is 0.264 e. The Morgan fingerprint density at radius 1 is 1.11 bits per heavy atom. The predicted octanol–water partition coefficient (Wildman–Crippen LogP) is 4.57. The van der Waals surface area contributed by atoms with Crippen LogP contribution < -0.4 is 4.72 Å². The third-order valence-corrected chi connectivity index (χ3v) is 7.30. The topological polar surface area (TPSA) is 87.1 Å². The standard InChI is InChI=1S/C26H33N5O3S/c1-7-27-26-19(2)10-8-11-25(26)35(32,33)29-23-12-13-24(28-18-23)21(4)31-15-9-14-30(16-17-31)20(3)22(5)34-6/h7-8,10-13,18,29H,3-5,9,14-17H2,1-2,6H3/b27-7-. The van der Waals surface area contributed by atoms with Gasteiger partial charge in [-0.05, 0) is 44.0 Å². The van der Waals surface area contributed by atoms with Crippen LogP contribution in [0.1, 0.15) is 24.6 Å². The maximum atomic E-state index is 13.0. The second-order valence-electron chi connectivity index (χ2n) is 8.19. The molecule has 9 heteroatoms.